The third-order valence-electron chi connectivity index (χ3n) is 2.89. The number of anilines is 1. The van der Waals surface area contributed by atoms with E-state index in [0.717, 1.165) is 24.4 Å². The Morgan fingerprint density at radius 2 is 1.58 bits per heavy atom. The molecule has 0 aliphatic rings. The van der Waals surface area contributed by atoms with E-state index in [9.17, 15) is 0 Å². The Morgan fingerprint density at radius 3 is 2.16 bits per heavy atom. The van der Waals surface area contributed by atoms with Crippen LogP contribution in [-0.4, -0.2) is 16.5 Å². The molecule has 4 heteroatoms. The number of rotatable bonds is 5. The Labute approximate surface area is 114 Å². The first-order valence-electron chi connectivity index (χ1n) is 6.51. The van der Waals surface area contributed by atoms with E-state index in [1.165, 1.54) is 11.1 Å². The molecule has 1 aromatic carbocycles. The molecular formula is C15H20N4. The molecule has 0 unspecified atom stereocenters. The summed E-state index contributed by atoms with van der Waals surface area (Å²) in [6.45, 7) is 5.36. The van der Waals surface area contributed by atoms with E-state index in [0.29, 0.717) is 12.5 Å². The van der Waals surface area contributed by atoms with Gasteiger partial charge in [-0.1, -0.05) is 24.3 Å². The Balaban J connectivity index is 1.98. The van der Waals surface area contributed by atoms with Gasteiger partial charge in [-0.2, -0.15) is 0 Å². The van der Waals surface area contributed by atoms with Crippen LogP contribution in [0.3, 0.4) is 0 Å². The molecule has 3 N–H and O–H groups in total. The summed E-state index contributed by atoms with van der Waals surface area (Å²) < 4.78 is 0. The van der Waals surface area contributed by atoms with E-state index in [4.69, 9.17) is 5.73 Å². The van der Waals surface area contributed by atoms with Gasteiger partial charge in [0.25, 0.3) is 0 Å². The zero-order valence-corrected chi connectivity index (χ0v) is 11.5. The predicted octanol–water partition coefficient (Wildman–Crippen LogP) is 2.21. The molecule has 1 aromatic heterocycles. The van der Waals surface area contributed by atoms with Crippen molar-refractivity contribution in [1.82, 2.24) is 9.97 Å². The predicted molar refractivity (Wildman–Crippen MR) is 78.0 cm³/mol. The summed E-state index contributed by atoms with van der Waals surface area (Å²) in [5.74, 6) is 0.684. The molecule has 4 nitrogen and oxygen atoms in total. The average Bonchev–Trinajstić information content (AvgIpc) is 2.37. The van der Waals surface area contributed by atoms with Gasteiger partial charge < -0.3 is 11.1 Å². The van der Waals surface area contributed by atoms with Gasteiger partial charge in [-0.05, 0) is 44.0 Å². The molecule has 0 bridgehead atoms. The molecule has 0 atom stereocenters. The number of nitrogens with two attached hydrogens (primary N) is 1. The Hall–Kier alpha value is -1.94. The van der Waals surface area contributed by atoms with Crippen LogP contribution < -0.4 is 11.1 Å². The molecule has 0 fully saturated rings. The lowest BCUT2D eigenvalue weighted by Gasteiger charge is -2.07. The topological polar surface area (TPSA) is 63.8 Å². The quantitative estimate of drug-likeness (QED) is 0.861. The van der Waals surface area contributed by atoms with Crippen molar-refractivity contribution in [3.63, 3.8) is 0 Å². The third kappa shape index (κ3) is 4.03. The number of hydrogen-bond acceptors (Lipinski definition) is 4. The summed E-state index contributed by atoms with van der Waals surface area (Å²) in [4.78, 5) is 8.71. The maximum atomic E-state index is 5.53. The van der Waals surface area contributed by atoms with E-state index < -0.39 is 0 Å². The fourth-order valence-electron chi connectivity index (χ4n) is 1.98. The van der Waals surface area contributed by atoms with Crippen LogP contribution in [0.1, 0.15) is 22.5 Å². The molecule has 2 rings (SSSR count). The van der Waals surface area contributed by atoms with Gasteiger partial charge in [0, 0.05) is 17.9 Å². The fraction of sp³-hybridized carbons (Fsp3) is 0.333. The summed E-state index contributed by atoms with van der Waals surface area (Å²) in [5.41, 5.74) is 9.98. The summed E-state index contributed by atoms with van der Waals surface area (Å²) in [6.07, 6.45) is 0.924. The normalized spacial score (nSPS) is 10.5. The lowest BCUT2D eigenvalue weighted by molar-refractivity contribution is 0.963. The van der Waals surface area contributed by atoms with Crippen molar-refractivity contribution in [2.45, 2.75) is 26.8 Å². The van der Waals surface area contributed by atoms with Crippen molar-refractivity contribution in [2.75, 3.05) is 11.9 Å². The van der Waals surface area contributed by atoms with Crippen LogP contribution in [0, 0.1) is 13.8 Å². The van der Waals surface area contributed by atoms with Gasteiger partial charge in [0.05, 0.1) is 0 Å². The van der Waals surface area contributed by atoms with E-state index in [1.807, 2.05) is 19.9 Å². The molecule has 100 valence electrons. The highest BCUT2D eigenvalue weighted by Gasteiger charge is 1.99. The number of nitrogens with one attached hydrogen (secondary N) is 1. The minimum atomic E-state index is 0.684. The van der Waals surface area contributed by atoms with Crippen LogP contribution in [0.4, 0.5) is 5.95 Å². The fourth-order valence-corrected chi connectivity index (χ4v) is 1.98. The van der Waals surface area contributed by atoms with Crippen molar-refractivity contribution < 1.29 is 0 Å². The van der Waals surface area contributed by atoms with Gasteiger partial charge >= 0.3 is 0 Å². The van der Waals surface area contributed by atoms with Gasteiger partial charge in [-0.15, -0.1) is 0 Å². The van der Waals surface area contributed by atoms with Gasteiger partial charge in [-0.25, -0.2) is 9.97 Å². The second kappa shape index (κ2) is 6.29. The first kappa shape index (κ1) is 13.5. The molecule has 0 spiro atoms. The van der Waals surface area contributed by atoms with Crippen molar-refractivity contribution >= 4 is 5.95 Å². The van der Waals surface area contributed by atoms with Gasteiger partial charge in [0.15, 0.2) is 0 Å². The summed E-state index contributed by atoms with van der Waals surface area (Å²) in [7, 11) is 0. The standard InChI is InChI=1S/C15H20N4/c1-11-9-12(2)19-15(18-11)17-10-14-5-3-13(4-6-14)7-8-16/h3-6,9H,7-8,10,16H2,1-2H3,(H,17,18,19). The van der Waals surface area contributed by atoms with Crippen LogP contribution in [0.15, 0.2) is 30.3 Å². The number of benzene rings is 1. The number of nitrogens with zero attached hydrogens (tertiary/aromatic N) is 2. The molecule has 2 aromatic rings. The highest BCUT2D eigenvalue weighted by molar-refractivity contribution is 5.31. The maximum Gasteiger partial charge on any atom is 0.223 e. The lowest BCUT2D eigenvalue weighted by atomic mass is 10.1. The van der Waals surface area contributed by atoms with Gasteiger partial charge in [-0.3, -0.25) is 0 Å². The van der Waals surface area contributed by atoms with Crippen LogP contribution >= 0.6 is 0 Å². The molecular weight excluding hydrogens is 236 g/mol. The molecule has 0 amide bonds. The minimum Gasteiger partial charge on any atom is -0.350 e. The van der Waals surface area contributed by atoms with Crippen LogP contribution in [0.5, 0.6) is 0 Å². The first-order chi connectivity index (χ1) is 9.17. The number of aromatic nitrogens is 2. The van der Waals surface area contributed by atoms with Gasteiger partial charge in [0.1, 0.15) is 0 Å². The smallest absolute Gasteiger partial charge is 0.223 e. The molecule has 0 aliphatic heterocycles. The summed E-state index contributed by atoms with van der Waals surface area (Å²) in [5, 5.41) is 3.25. The minimum absolute atomic E-state index is 0.684. The zero-order chi connectivity index (χ0) is 13.7. The van der Waals surface area contributed by atoms with Crippen LogP contribution in [-0.2, 0) is 13.0 Å². The molecule has 0 radical (unpaired) electrons. The van der Waals surface area contributed by atoms with E-state index in [2.05, 4.69) is 39.6 Å². The van der Waals surface area contributed by atoms with Crippen molar-refractivity contribution in [1.29, 1.82) is 0 Å². The molecule has 1 heterocycles. The Bertz CT molecular complexity index is 514. The summed E-state index contributed by atoms with van der Waals surface area (Å²) >= 11 is 0. The largest absolute Gasteiger partial charge is 0.350 e. The molecule has 0 saturated heterocycles. The van der Waals surface area contributed by atoms with Gasteiger partial charge in [0.2, 0.25) is 5.95 Å². The number of hydrogen-bond donors (Lipinski definition) is 2. The molecule has 19 heavy (non-hydrogen) atoms. The third-order valence-corrected chi connectivity index (χ3v) is 2.89. The highest BCUT2D eigenvalue weighted by atomic mass is 15.1. The second-order valence-electron chi connectivity index (χ2n) is 4.68. The molecule has 0 saturated carbocycles. The zero-order valence-electron chi connectivity index (χ0n) is 11.5. The maximum absolute atomic E-state index is 5.53. The monoisotopic (exact) mass is 256 g/mol. The van der Waals surface area contributed by atoms with Crippen LogP contribution in [0.25, 0.3) is 0 Å². The summed E-state index contributed by atoms with van der Waals surface area (Å²) in [6, 6.07) is 10.4. The number of aryl methyl sites for hydroxylation is 2. The van der Waals surface area contributed by atoms with Crippen molar-refractivity contribution in [2.24, 2.45) is 5.73 Å². The van der Waals surface area contributed by atoms with E-state index >= 15 is 0 Å². The Morgan fingerprint density at radius 1 is 1.00 bits per heavy atom. The van der Waals surface area contributed by atoms with Crippen molar-refractivity contribution in [3.8, 4) is 0 Å². The van der Waals surface area contributed by atoms with E-state index in [-0.39, 0.29) is 0 Å². The van der Waals surface area contributed by atoms with E-state index in [1.54, 1.807) is 0 Å². The van der Waals surface area contributed by atoms with Crippen molar-refractivity contribution in [3.05, 3.63) is 52.8 Å². The first-order valence-corrected chi connectivity index (χ1v) is 6.51. The Kier molecular flexibility index (Phi) is 4.47. The highest BCUT2D eigenvalue weighted by Crippen LogP contribution is 2.08. The molecule has 0 aliphatic carbocycles. The lowest BCUT2D eigenvalue weighted by Crippen LogP contribution is -2.06. The second-order valence-corrected chi connectivity index (χ2v) is 4.68. The average molecular weight is 256 g/mol. The SMILES string of the molecule is Cc1cc(C)nc(NCc2ccc(CCN)cc2)n1. The van der Waals surface area contributed by atoms with Crippen LogP contribution in [0.2, 0.25) is 0 Å².